The number of benzene rings is 1. The Hall–Kier alpha value is -1.46. The lowest BCUT2D eigenvalue weighted by atomic mass is 9.91. The highest BCUT2D eigenvalue weighted by molar-refractivity contribution is 6.31. The number of rotatable bonds is 4. The fraction of sp³-hybridized carbons (Fsp3) is 0.588. The quantitative estimate of drug-likeness (QED) is 0.583. The molecular weight excluding hydrogens is 312 g/mol. The molecule has 126 valence electrons. The molecule has 2 atom stereocenters. The van der Waals surface area contributed by atoms with Crippen molar-refractivity contribution in [1.29, 1.82) is 0 Å². The Labute approximate surface area is 142 Å². The molecule has 0 spiro atoms. The van der Waals surface area contributed by atoms with E-state index in [1.807, 2.05) is 18.2 Å². The van der Waals surface area contributed by atoms with Crippen molar-refractivity contribution >= 4 is 23.2 Å². The lowest BCUT2D eigenvalue weighted by molar-refractivity contribution is 0.385. The summed E-state index contributed by atoms with van der Waals surface area (Å²) in [6.07, 6.45) is 6.86. The van der Waals surface area contributed by atoms with E-state index in [0.717, 1.165) is 30.2 Å². The molecule has 0 aromatic heterocycles. The van der Waals surface area contributed by atoms with Crippen LogP contribution in [0.25, 0.3) is 0 Å². The highest BCUT2D eigenvalue weighted by atomic mass is 35.5. The molecule has 0 aliphatic heterocycles. The lowest BCUT2D eigenvalue weighted by Crippen LogP contribution is -2.40. The van der Waals surface area contributed by atoms with Crippen molar-refractivity contribution in [1.82, 2.24) is 5.32 Å². The zero-order valence-corrected chi connectivity index (χ0v) is 14.3. The van der Waals surface area contributed by atoms with Crippen LogP contribution < -0.4 is 21.1 Å². The van der Waals surface area contributed by atoms with Gasteiger partial charge in [0.1, 0.15) is 5.75 Å². The summed E-state index contributed by atoms with van der Waals surface area (Å²) in [5.74, 6) is 1.52. The van der Waals surface area contributed by atoms with Gasteiger partial charge in [0.05, 0.1) is 18.8 Å². The van der Waals surface area contributed by atoms with Crippen molar-refractivity contribution in [3.8, 4) is 5.75 Å². The third-order valence-corrected chi connectivity index (χ3v) is 4.64. The van der Waals surface area contributed by atoms with Crippen molar-refractivity contribution < 1.29 is 4.74 Å². The summed E-state index contributed by atoms with van der Waals surface area (Å²) in [5.41, 5.74) is 7.05. The number of anilines is 1. The first kappa shape index (κ1) is 16.4. The third-order valence-electron chi connectivity index (χ3n) is 4.41. The Kier molecular flexibility index (Phi) is 5.28. The molecule has 1 aromatic carbocycles. The number of nitrogens with two attached hydrogens (primary N) is 1. The number of hydrogen-bond acceptors (Lipinski definition) is 3. The SMILES string of the molecule is COc1ccc(Cl)cc1NC(=N[C@H]1CCCC[C@@H]1N)NC1CC1. The van der Waals surface area contributed by atoms with Gasteiger partial charge in [0.25, 0.3) is 0 Å². The Bertz CT molecular complexity index is 574. The van der Waals surface area contributed by atoms with Crippen LogP contribution in [0.5, 0.6) is 5.75 Å². The molecule has 2 aliphatic carbocycles. The van der Waals surface area contributed by atoms with E-state index >= 15 is 0 Å². The number of nitrogens with zero attached hydrogens (tertiary/aromatic N) is 1. The van der Waals surface area contributed by atoms with Gasteiger partial charge in [-0.2, -0.15) is 0 Å². The van der Waals surface area contributed by atoms with Crippen LogP contribution in [0.1, 0.15) is 38.5 Å². The van der Waals surface area contributed by atoms with Crippen molar-refractivity contribution in [3.05, 3.63) is 23.2 Å². The van der Waals surface area contributed by atoms with Gasteiger partial charge in [0.15, 0.2) is 5.96 Å². The van der Waals surface area contributed by atoms with Gasteiger partial charge in [-0.25, -0.2) is 4.99 Å². The minimum atomic E-state index is 0.141. The fourth-order valence-electron chi connectivity index (χ4n) is 2.90. The second-order valence-corrected chi connectivity index (χ2v) is 6.82. The molecule has 0 amide bonds. The van der Waals surface area contributed by atoms with Gasteiger partial charge < -0.3 is 21.1 Å². The Morgan fingerprint density at radius 3 is 2.74 bits per heavy atom. The van der Waals surface area contributed by atoms with E-state index in [0.29, 0.717) is 11.1 Å². The summed E-state index contributed by atoms with van der Waals surface area (Å²) in [5, 5.41) is 7.48. The molecule has 3 rings (SSSR count). The highest BCUT2D eigenvalue weighted by Gasteiger charge is 2.26. The maximum Gasteiger partial charge on any atom is 0.196 e. The first-order valence-electron chi connectivity index (χ1n) is 8.36. The Morgan fingerprint density at radius 2 is 2.04 bits per heavy atom. The zero-order valence-electron chi connectivity index (χ0n) is 13.5. The molecule has 4 N–H and O–H groups in total. The summed E-state index contributed by atoms with van der Waals surface area (Å²) in [4.78, 5) is 4.87. The van der Waals surface area contributed by atoms with Gasteiger partial charge in [-0.1, -0.05) is 24.4 Å². The van der Waals surface area contributed by atoms with E-state index in [2.05, 4.69) is 10.6 Å². The number of aliphatic imine (C=N–C) groups is 1. The molecule has 2 fully saturated rings. The maximum absolute atomic E-state index is 6.24. The van der Waals surface area contributed by atoms with Crippen molar-refractivity contribution in [2.45, 2.75) is 56.7 Å². The molecule has 0 saturated heterocycles. The van der Waals surface area contributed by atoms with E-state index < -0.39 is 0 Å². The van der Waals surface area contributed by atoms with Gasteiger partial charge in [0, 0.05) is 17.1 Å². The van der Waals surface area contributed by atoms with E-state index in [-0.39, 0.29) is 12.1 Å². The Balaban J connectivity index is 1.80. The molecule has 2 saturated carbocycles. The average Bonchev–Trinajstić information content (AvgIpc) is 3.34. The third kappa shape index (κ3) is 4.52. The van der Waals surface area contributed by atoms with Crippen molar-refractivity contribution in [3.63, 3.8) is 0 Å². The minimum absolute atomic E-state index is 0.141. The van der Waals surface area contributed by atoms with Crippen molar-refractivity contribution in [2.24, 2.45) is 10.7 Å². The smallest absolute Gasteiger partial charge is 0.196 e. The number of halogens is 1. The number of nitrogens with one attached hydrogen (secondary N) is 2. The molecule has 6 heteroatoms. The molecule has 0 unspecified atom stereocenters. The topological polar surface area (TPSA) is 71.7 Å². The second kappa shape index (κ2) is 7.41. The molecule has 1 aromatic rings. The van der Waals surface area contributed by atoms with E-state index in [1.165, 1.54) is 25.7 Å². The molecule has 0 bridgehead atoms. The highest BCUT2D eigenvalue weighted by Crippen LogP contribution is 2.28. The first-order valence-corrected chi connectivity index (χ1v) is 8.74. The van der Waals surface area contributed by atoms with Crippen LogP contribution in [0.3, 0.4) is 0 Å². The molecule has 23 heavy (non-hydrogen) atoms. The molecule has 0 heterocycles. The Morgan fingerprint density at radius 1 is 1.26 bits per heavy atom. The number of guanidine groups is 1. The monoisotopic (exact) mass is 336 g/mol. The largest absolute Gasteiger partial charge is 0.495 e. The predicted molar refractivity (Wildman–Crippen MR) is 95.5 cm³/mol. The number of ether oxygens (including phenoxy) is 1. The fourth-order valence-corrected chi connectivity index (χ4v) is 3.07. The van der Waals surface area contributed by atoms with Gasteiger partial charge in [-0.05, 0) is 43.9 Å². The van der Waals surface area contributed by atoms with Crippen LogP contribution in [0.2, 0.25) is 5.02 Å². The van der Waals surface area contributed by atoms with Gasteiger partial charge in [0.2, 0.25) is 0 Å². The summed E-state index contributed by atoms with van der Waals surface area (Å²) < 4.78 is 5.40. The number of hydrogen-bond donors (Lipinski definition) is 3. The van der Waals surface area contributed by atoms with Crippen LogP contribution in [0.4, 0.5) is 5.69 Å². The maximum atomic E-state index is 6.24. The number of methoxy groups -OCH3 is 1. The zero-order chi connectivity index (χ0) is 16.2. The average molecular weight is 337 g/mol. The summed E-state index contributed by atoms with van der Waals surface area (Å²) in [6.45, 7) is 0. The minimum Gasteiger partial charge on any atom is -0.495 e. The molecule has 2 aliphatic rings. The van der Waals surface area contributed by atoms with Gasteiger partial charge >= 0.3 is 0 Å². The molecule has 0 radical (unpaired) electrons. The van der Waals surface area contributed by atoms with Crippen molar-refractivity contribution in [2.75, 3.05) is 12.4 Å². The van der Waals surface area contributed by atoms with Gasteiger partial charge in [-0.15, -0.1) is 0 Å². The summed E-state index contributed by atoms with van der Waals surface area (Å²) >= 11 is 6.11. The van der Waals surface area contributed by atoms with E-state index in [1.54, 1.807) is 7.11 Å². The van der Waals surface area contributed by atoms with E-state index in [9.17, 15) is 0 Å². The summed E-state index contributed by atoms with van der Waals surface area (Å²) in [7, 11) is 1.65. The second-order valence-electron chi connectivity index (χ2n) is 6.38. The van der Waals surface area contributed by atoms with Crippen LogP contribution in [-0.4, -0.2) is 31.2 Å². The molecule has 5 nitrogen and oxygen atoms in total. The standard InChI is InChI=1S/C17H25ClN4O/c1-23-16-9-6-11(18)10-15(16)22-17(20-12-7-8-12)21-14-5-3-2-4-13(14)19/h6,9-10,12-14H,2-5,7-8,19H2,1H3,(H2,20,21,22)/t13-,14-/m0/s1. The lowest BCUT2D eigenvalue weighted by Gasteiger charge is -2.26. The molecular formula is C17H25ClN4O. The first-order chi connectivity index (χ1) is 11.2. The van der Waals surface area contributed by atoms with Crippen LogP contribution >= 0.6 is 11.6 Å². The van der Waals surface area contributed by atoms with E-state index in [4.69, 9.17) is 27.1 Å². The predicted octanol–water partition coefficient (Wildman–Crippen LogP) is 3.14. The van der Waals surface area contributed by atoms with Gasteiger partial charge in [-0.3, -0.25) is 0 Å². The van der Waals surface area contributed by atoms with Crippen LogP contribution in [0.15, 0.2) is 23.2 Å². The normalized spacial score (nSPS) is 25.1. The van der Waals surface area contributed by atoms with Crippen LogP contribution in [-0.2, 0) is 0 Å². The summed E-state index contributed by atoms with van der Waals surface area (Å²) in [6, 6.07) is 6.34. The van der Waals surface area contributed by atoms with Crippen LogP contribution in [0, 0.1) is 0 Å².